The predicted octanol–water partition coefficient (Wildman–Crippen LogP) is 1.63. The van der Waals surface area contributed by atoms with Crippen molar-refractivity contribution in [2.75, 3.05) is 33.7 Å². The van der Waals surface area contributed by atoms with Crippen molar-refractivity contribution in [1.82, 2.24) is 14.7 Å². The molecular weight excluding hydrogens is 342 g/mol. The minimum absolute atomic E-state index is 0.210. The summed E-state index contributed by atoms with van der Waals surface area (Å²) in [6.07, 6.45) is 1.84. The van der Waals surface area contributed by atoms with Gasteiger partial charge in [0.25, 0.3) is 5.91 Å². The topological polar surface area (TPSA) is 59.2 Å². The number of imide groups is 1. The van der Waals surface area contributed by atoms with Crippen LogP contribution in [0.2, 0.25) is 0 Å². The molecule has 3 rings (SSSR count). The zero-order chi connectivity index (χ0) is 19.6. The first-order chi connectivity index (χ1) is 13.0. The van der Waals surface area contributed by atoms with Crippen LogP contribution in [-0.2, 0) is 11.2 Å². The summed E-state index contributed by atoms with van der Waals surface area (Å²) in [5, 5.41) is 0. The van der Waals surface area contributed by atoms with Gasteiger partial charge in [0, 0.05) is 14.1 Å². The van der Waals surface area contributed by atoms with Gasteiger partial charge in [-0.1, -0.05) is 35.3 Å². The van der Waals surface area contributed by atoms with Gasteiger partial charge in [-0.25, -0.2) is 9.69 Å². The van der Waals surface area contributed by atoms with E-state index in [2.05, 4.69) is 35.5 Å². The van der Waals surface area contributed by atoms with E-state index in [9.17, 15) is 9.59 Å². The van der Waals surface area contributed by atoms with Gasteiger partial charge in [-0.3, -0.25) is 19.2 Å². The fraction of sp³-hybridized carbons (Fsp3) is 0.500. The fourth-order valence-electron chi connectivity index (χ4n) is 3.67. The molecule has 1 atom stereocenters. The highest BCUT2D eigenvalue weighted by Crippen LogP contribution is 2.23. The third-order valence-electron chi connectivity index (χ3n) is 5.26. The third kappa shape index (κ3) is 3.46. The summed E-state index contributed by atoms with van der Waals surface area (Å²) >= 11 is 0. The number of likely N-dealkylation sites (N-methyl/N-ethyl adjacent to an activating group) is 2. The van der Waals surface area contributed by atoms with Crippen LogP contribution in [0.25, 0.3) is 0 Å². The second-order valence-corrected chi connectivity index (χ2v) is 6.87. The molecule has 7 heteroatoms. The second kappa shape index (κ2) is 7.90. The Hall–Kier alpha value is -2.70. The number of aliphatic imine (C=N–C) groups is 1. The SMILES string of the molecule is CC[N+](CC)=C1N=C2C(C(=O)N(C)C(=O)N2C)N1CCCc1ccccc1. The van der Waals surface area contributed by atoms with Gasteiger partial charge in [-0.2, -0.15) is 0 Å². The Labute approximate surface area is 160 Å². The number of benzene rings is 1. The first kappa shape index (κ1) is 19.1. The highest BCUT2D eigenvalue weighted by molar-refractivity contribution is 6.25. The van der Waals surface area contributed by atoms with Gasteiger partial charge in [0.2, 0.25) is 11.9 Å². The number of aryl methyl sites for hydroxylation is 1. The minimum atomic E-state index is -0.524. The van der Waals surface area contributed by atoms with Crippen LogP contribution in [0.3, 0.4) is 0 Å². The molecule has 1 fully saturated rings. The van der Waals surface area contributed by atoms with Crippen molar-refractivity contribution in [3.05, 3.63) is 35.9 Å². The summed E-state index contributed by atoms with van der Waals surface area (Å²) in [7, 11) is 3.22. The van der Waals surface area contributed by atoms with Crippen LogP contribution >= 0.6 is 0 Å². The first-order valence-corrected chi connectivity index (χ1v) is 9.55. The standard InChI is InChI=1S/C20H28N5O2/c1-5-24(6-2)19-21-17-16(18(26)23(4)20(27)22(17)3)25(19)14-10-13-15-11-8-7-9-12-15/h7-9,11-12,16H,5-6,10,13-14H2,1-4H3/q+1. The highest BCUT2D eigenvalue weighted by Gasteiger charge is 2.54. The molecule has 0 radical (unpaired) electrons. The van der Waals surface area contributed by atoms with E-state index in [1.165, 1.54) is 22.4 Å². The number of rotatable bonds is 6. The molecule has 1 aromatic rings. The summed E-state index contributed by atoms with van der Waals surface area (Å²) in [6.45, 7) is 6.45. The van der Waals surface area contributed by atoms with Gasteiger partial charge in [0.05, 0.1) is 19.6 Å². The Balaban J connectivity index is 1.88. The lowest BCUT2D eigenvalue weighted by Crippen LogP contribution is -2.63. The van der Waals surface area contributed by atoms with Gasteiger partial charge in [0.1, 0.15) is 0 Å². The Morgan fingerprint density at radius 3 is 2.33 bits per heavy atom. The van der Waals surface area contributed by atoms with Crippen LogP contribution in [0.15, 0.2) is 35.3 Å². The predicted molar refractivity (Wildman–Crippen MR) is 105 cm³/mol. The van der Waals surface area contributed by atoms with E-state index >= 15 is 0 Å². The van der Waals surface area contributed by atoms with Crippen molar-refractivity contribution in [1.29, 1.82) is 0 Å². The zero-order valence-electron chi connectivity index (χ0n) is 16.6. The number of carbonyl (C=O) groups is 2. The quantitative estimate of drug-likeness (QED) is 0.715. The van der Waals surface area contributed by atoms with Gasteiger partial charge in [-0.05, 0) is 32.3 Å². The van der Waals surface area contributed by atoms with E-state index in [4.69, 9.17) is 4.99 Å². The van der Waals surface area contributed by atoms with Crippen molar-refractivity contribution >= 4 is 23.7 Å². The molecule has 2 aliphatic rings. The van der Waals surface area contributed by atoms with Crippen LogP contribution < -0.4 is 0 Å². The molecular formula is C20H28N5O2+. The fourth-order valence-corrected chi connectivity index (χ4v) is 3.67. The number of nitrogens with zero attached hydrogens (tertiary/aromatic N) is 5. The lowest BCUT2D eigenvalue weighted by Gasteiger charge is -2.33. The van der Waals surface area contributed by atoms with Crippen molar-refractivity contribution in [3.8, 4) is 0 Å². The minimum Gasteiger partial charge on any atom is -0.270 e. The lowest BCUT2D eigenvalue weighted by molar-refractivity contribution is -0.526. The number of guanidine groups is 1. The van der Waals surface area contributed by atoms with Crippen LogP contribution in [0.1, 0.15) is 25.8 Å². The Morgan fingerprint density at radius 2 is 1.70 bits per heavy atom. The Kier molecular flexibility index (Phi) is 5.58. The smallest absolute Gasteiger partial charge is 0.270 e. The van der Waals surface area contributed by atoms with Crippen molar-refractivity contribution in [3.63, 3.8) is 0 Å². The average Bonchev–Trinajstić information content (AvgIpc) is 3.06. The number of amidine groups is 1. The number of amides is 3. The molecule has 1 aromatic carbocycles. The number of hydrogen-bond acceptors (Lipinski definition) is 2. The molecule has 2 aliphatic heterocycles. The normalized spacial score (nSPS) is 19.6. The maximum Gasteiger partial charge on any atom is 0.392 e. The zero-order valence-corrected chi connectivity index (χ0v) is 16.6. The van der Waals surface area contributed by atoms with Crippen LogP contribution in [0, 0.1) is 0 Å². The molecule has 144 valence electrons. The Morgan fingerprint density at radius 1 is 1.04 bits per heavy atom. The molecule has 0 saturated carbocycles. The summed E-state index contributed by atoms with van der Waals surface area (Å²) in [4.78, 5) is 34.7. The van der Waals surface area contributed by atoms with Crippen LogP contribution in [0.5, 0.6) is 0 Å². The van der Waals surface area contributed by atoms with Crippen molar-refractivity contribution < 1.29 is 14.2 Å². The van der Waals surface area contributed by atoms with Crippen molar-refractivity contribution in [2.24, 2.45) is 4.99 Å². The van der Waals surface area contributed by atoms with E-state index in [1.807, 2.05) is 18.2 Å². The van der Waals surface area contributed by atoms with Gasteiger partial charge in [-0.15, -0.1) is 0 Å². The van der Waals surface area contributed by atoms with E-state index in [0.717, 1.165) is 31.9 Å². The van der Waals surface area contributed by atoms with Gasteiger partial charge >= 0.3 is 12.0 Å². The molecule has 0 aliphatic carbocycles. The van der Waals surface area contributed by atoms with E-state index in [1.54, 1.807) is 7.05 Å². The molecule has 0 spiro atoms. The summed E-state index contributed by atoms with van der Waals surface area (Å²) in [6, 6.07) is 9.48. The maximum atomic E-state index is 12.9. The summed E-state index contributed by atoms with van der Waals surface area (Å²) in [5.74, 6) is 1.11. The van der Waals surface area contributed by atoms with E-state index in [0.29, 0.717) is 12.4 Å². The molecule has 0 bridgehead atoms. The first-order valence-electron chi connectivity index (χ1n) is 9.55. The number of hydrogen-bond donors (Lipinski definition) is 0. The largest absolute Gasteiger partial charge is 0.392 e. The summed E-state index contributed by atoms with van der Waals surface area (Å²) in [5.41, 5.74) is 1.28. The van der Waals surface area contributed by atoms with E-state index < -0.39 is 6.04 Å². The van der Waals surface area contributed by atoms with Gasteiger partial charge in [0.15, 0.2) is 0 Å². The molecule has 0 aromatic heterocycles. The molecule has 0 N–H and O–H groups in total. The molecule has 3 amide bonds. The average molecular weight is 370 g/mol. The lowest BCUT2D eigenvalue weighted by atomic mass is 10.1. The highest BCUT2D eigenvalue weighted by atomic mass is 16.2. The second-order valence-electron chi connectivity index (χ2n) is 6.87. The van der Waals surface area contributed by atoms with Gasteiger partial charge < -0.3 is 0 Å². The number of fused-ring (bicyclic) bond motifs is 1. The maximum absolute atomic E-state index is 12.9. The molecule has 27 heavy (non-hydrogen) atoms. The third-order valence-corrected chi connectivity index (χ3v) is 5.26. The Bertz CT molecular complexity index is 781. The monoisotopic (exact) mass is 370 g/mol. The molecule has 7 nitrogen and oxygen atoms in total. The van der Waals surface area contributed by atoms with Crippen molar-refractivity contribution in [2.45, 2.75) is 32.7 Å². The molecule has 1 saturated heterocycles. The number of urea groups is 1. The molecule has 2 heterocycles. The molecule has 1 unspecified atom stereocenters. The summed E-state index contributed by atoms with van der Waals surface area (Å²) < 4.78 is 2.14. The number of carbonyl (C=O) groups excluding carboxylic acids is 2. The van der Waals surface area contributed by atoms with Crippen LogP contribution in [-0.4, -0.2) is 82.8 Å². The van der Waals surface area contributed by atoms with E-state index in [-0.39, 0.29) is 11.9 Å². The van der Waals surface area contributed by atoms with Crippen LogP contribution in [0.4, 0.5) is 4.79 Å².